The molecule has 4 rings (SSSR count). The SMILES string of the molecule is C[C@H]1CCCCN1CCNC(=O)CCC(=O)N1CCc2c(c(C(=O)N3CCOCC3)nn2C)C1. The van der Waals surface area contributed by atoms with Crippen LogP contribution < -0.4 is 5.32 Å². The van der Waals surface area contributed by atoms with Gasteiger partial charge in [0.25, 0.3) is 5.91 Å². The third-order valence-electron chi connectivity index (χ3n) is 7.32. The van der Waals surface area contributed by atoms with E-state index in [0.29, 0.717) is 64.1 Å². The van der Waals surface area contributed by atoms with Gasteiger partial charge in [-0.25, -0.2) is 0 Å². The molecule has 188 valence electrons. The first-order valence-corrected chi connectivity index (χ1v) is 12.6. The number of amides is 3. The zero-order valence-electron chi connectivity index (χ0n) is 20.6. The lowest BCUT2D eigenvalue weighted by Crippen LogP contribution is -2.43. The van der Waals surface area contributed by atoms with Gasteiger partial charge in [0.2, 0.25) is 11.8 Å². The van der Waals surface area contributed by atoms with E-state index in [2.05, 4.69) is 22.2 Å². The second-order valence-corrected chi connectivity index (χ2v) is 9.60. The number of morpholine rings is 1. The Hall–Kier alpha value is -2.46. The van der Waals surface area contributed by atoms with Crippen molar-refractivity contribution in [1.82, 2.24) is 29.8 Å². The molecule has 0 aromatic carbocycles. The number of piperidine rings is 1. The quantitative estimate of drug-likeness (QED) is 0.620. The summed E-state index contributed by atoms with van der Waals surface area (Å²) in [5.74, 6) is -0.240. The molecule has 0 radical (unpaired) electrons. The summed E-state index contributed by atoms with van der Waals surface area (Å²) in [6, 6.07) is 0.573. The van der Waals surface area contributed by atoms with E-state index in [4.69, 9.17) is 4.74 Å². The normalized spacial score (nSPS) is 21.3. The molecule has 3 aliphatic heterocycles. The van der Waals surface area contributed by atoms with E-state index in [0.717, 1.165) is 24.3 Å². The summed E-state index contributed by atoms with van der Waals surface area (Å²) < 4.78 is 7.12. The first-order valence-electron chi connectivity index (χ1n) is 12.6. The summed E-state index contributed by atoms with van der Waals surface area (Å²) in [6.07, 6.45) is 4.74. The predicted molar refractivity (Wildman–Crippen MR) is 126 cm³/mol. The van der Waals surface area contributed by atoms with Crippen LogP contribution in [0.3, 0.4) is 0 Å². The summed E-state index contributed by atoms with van der Waals surface area (Å²) in [7, 11) is 1.85. The Bertz CT molecular complexity index is 894. The molecule has 10 nitrogen and oxygen atoms in total. The molecule has 0 saturated carbocycles. The molecule has 1 aromatic heterocycles. The molecular weight excluding hydrogens is 436 g/mol. The average molecular weight is 475 g/mol. The number of fused-ring (bicyclic) bond motifs is 1. The molecule has 2 fully saturated rings. The Kier molecular flexibility index (Phi) is 8.20. The van der Waals surface area contributed by atoms with Crippen LogP contribution in [-0.2, 0) is 34.3 Å². The number of nitrogens with one attached hydrogen (secondary N) is 1. The van der Waals surface area contributed by atoms with Crippen LogP contribution in [0.4, 0.5) is 0 Å². The zero-order valence-corrected chi connectivity index (χ0v) is 20.6. The van der Waals surface area contributed by atoms with Crippen LogP contribution in [-0.4, -0.2) is 101 Å². The molecule has 10 heteroatoms. The molecule has 1 aromatic rings. The van der Waals surface area contributed by atoms with Crippen molar-refractivity contribution < 1.29 is 19.1 Å². The summed E-state index contributed by atoms with van der Waals surface area (Å²) in [6.45, 7) is 7.92. The lowest BCUT2D eigenvalue weighted by atomic mass is 10.0. The Morgan fingerprint density at radius 1 is 1.06 bits per heavy atom. The Labute approximate surface area is 201 Å². The van der Waals surface area contributed by atoms with Gasteiger partial charge in [-0.15, -0.1) is 0 Å². The highest BCUT2D eigenvalue weighted by Crippen LogP contribution is 2.24. The van der Waals surface area contributed by atoms with Crippen molar-refractivity contribution in [3.05, 3.63) is 17.0 Å². The summed E-state index contributed by atoms with van der Waals surface area (Å²) in [5, 5.41) is 7.45. The van der Waals surface area contributed by atoms with E-state index < -0.39 is 0 Å². The zero-order chi connectivity index (χ0) is 24.1. The monoisotopic (exact) mass is 474 g/mol. The van der Waals surface area contributed by atoms with Crippen molar-refractivity contribution in [2.45, 2.75) is 58.0 Å². The smallest absolute Gasteiger partial charge is 0.274 e. The average Bonchev–Trinajstić information content (AvgIpc) is 3.19. The molecule has 2 saturated heterocycles. The molecule has 0 aliphatic carbocycles. The van der Waals surface area contributed by atoms with Crippen molar-refractivity contribution in [3.63, 3.8) is 0 Å². The molecule has 3 amide bonds. The third-order valence-corrected chi connectivity index (χ3v) is 7.32. The van der Waals surface area contributed by atoms with E-state index in [1.54, 1.807) is 14.5 Å². The van der Waals surface area contributed by atoms with Crippen molar-refractivity contribution in [2.24, 2.45) is 7.05 Å². The highest BCUT2D eigenvalue weighted by Gasteiger charge is 2.31. The van der Waals surface area contributed by atoms with Crippen molar-refractivity contribution in [2.75, 3.05) is 52.5 Å². The number of hydrogen-bond acceptors (Lipinski definition) is 6. The predicted octanol–water partition coefficient (Wildman–Crippen LogP) is 0.548. The number of rotatable bonds is 7. The van der Waals surface area contributed by atoms with Gasteiger partial charge in [0.1, 0.15) is 0 Å². The minimum absolute atomic E-state index is 0.0564. The van der Waals surface area contributed by atoms with Crippen molar-refractivity contribution in [3.8, 4) is 0 Å². The lowest BCUT2D eigenvalue weighted by Gasteiger charge is -2.33. The second kappa shape index (κ2) is 11.3. The summed E-state index contributed by atoms with van der Waals surface area (Å²) in [5.41, 5.74) is 2.27. The van der Waals surface area contributed by atoms with Gasteiger partial charge in [0.05, 0.1) is 13.2 Å². The molecule has 4 heterocycles. The molecular formula is C24H38N6O4. The highest BCUT2D eigenvalue weighted by atomic mass is 16.5. The van der Waals surface area contributed by atoms with Crippen molar-refractivity contribution >= 4 is 17.7 Å². The number of aromatic nitrogens is 2. The van der Waals surface area contributed by atoms with E-state index in [1.165, 1.54) is 19.3 Å². The van der Waals surface area contributed by atoms with Crippen LogP contribution >= 0.6 is 0 Å². The number of likely N-dealkylation sites (tertiary alicyclic amines) is 1. The van der Waals surface area contributed by atoms with Crippen molar-refractivity contribution in [1.29, 1.82) is 0 Å². The number of carbonyl (C=O) groups is 3. The number of nitrogens with zero attached hydrogens (tertiary/aromatic N) is 5. The molecule has 34 heavy (non-hydrogen) atoms. The Balaban J connectivity index is 1.26. The van der Waals surface area contributed by atoms with E-state index in [-0.39, 0.29) is 30.6 Å². The number of ether oxygens (including phenoxy) is 1. The maximum atomic E-state index is 13.0. The van der Waals surface area contributed by atoms with E-state index in [9.17, 15) is 14.4 Å². The summed E-state index contributed by atoms with van der Waals surface area (Å²) >= 11 is 0. The molecule has 1 N–H and O–H groups in total. The molecule has 0 spiro atoms. The van der Waals surface area contributed by atoms with Gasteiger partial charge in [-0.1, -0.05) is 6.42 Å². The molecule has 0 unspecified atom stereocenters. The fourth-order valence-corrected chi connectivity index (χ4v) is 5.19. The van der Waals surface area contributed by atoms with Gasteiger partial charge < -0.3 is 19.9 Å². The number of aryl methyl sites for hydroxylation is 1. The van der Waals surface area contributed by atoms with Crippen LogP contribution in [0.2, 0.25) is 0 Å². The van der Waals surface area contributed by atoms with Gasteiger partial charge in [-0.3, -0.25) is 24.0 Å². The second-order valence-electron chi connectivity index (χ2n) is 9.60. The van der Waals surface area contributed by atoms with E-state index in [1.807, 2.05) is 7.05 Å². The number of hydrogen-bond donors (Lipinski definition) is 1. The lowest BCUT2D eigenvalue weighted by molar-refractivity contribution is -0.134. The van der Waals surface area contributed by atoms with E-state index >= 15 is 0 Å². The van der Waals surface area contributed by atoms with Crippen LogP contribution in [0.25, 0.3) is 0 Å². The fraction of sp³-hybridized carbons (Fsp3) is 0.750. The Morgan fingerprint density at radius 2 is 1.85 bits per heavy atom. The third kappa shape index (κ3) is 5.78. The minimum atomic E-state index is -0.100. The van der Waals surface area contributed by atoms with Crippen LogP contribution in [0.5, 0.6) is 0 Å². The fourth-order valence-electron chi connectivity index (χ4n) is 5.19. The topological polar surface area (TPSA) is 100 Å². The van der Waals surface area contributed by atoms with Crippen LogP contribution in [0, 0.1) is 0 Å². The molecule has 0 bridgehead atoms. The maximum Gasteiger partial charge on any atom is 0.274 e. The van der Waals surface area contributed by atoms with Gasteiger partial charge in [-0.05, 0) is 26.3 Å². The van der Waals surface area contributed by atoms with Gasteiger partial charge in [-0.2, -0.15) is 5.10 Å². The first-order chi connectivity index (χ1) is 16.4. The molecule has 3 aliphatic rings. The first kappa shape index (κ1) is 24.7. The minimum Gasteiger partial charge on any atom is -0.378 e. The molecule has 1 atom stereocenters. The van der Waals surface area contributed by atoms with Crippen LogP contribution in [0.15, 0.2) is 0 Å². The highest BCUT2D eigenvalue weighted by molar-refractivity contribution is 5.94. The number of carbonyl (C=O) groups excluding carboxylic acids is 3. The van der Waals surface area contributed by atoms with Gasteiger partial charge >= 0.3 is 0 Å². The summed E-state index contributed by atoms with van der Waals surface area (Å²) in [4.78, 5) is 44.1. The standard InChI is InChI=1S/C24H38N6O4/c1-18-5-3-4-10-28(18)12-9-25-21(31)6-7-22(32)30-11-8-20-19(17-30)23(26-27(20)2)24(33)29-13-15-34-16-14-29/h18H,3-17H2,1-2H3,(H,25,31)/t18-/m0/s1. The van der Waals surface area contributed by atoms with Gasteiger partial charge in [0.15, 0.2) is 5.69 Å². The maximum absolute atomic E-state index is 13.0. The largest absolute Gasteiger partial charge is 0.378 e. The van der Waals surface area contributed by atoms with Gasteiger partial charge in [0, 0.05) is 82.9 Å². The van der Waals surface area contributed by atoms with Crippen LogP contribution in [0.1, 0.15) is 60.8 Å². The Morgan fingerprint density at radius 3 is 2.62 bits per heavy atom.